The first-order valence-electron chi connectivity index (χ1n) is 21.4. The predicted molar refractivity (Wildman–Crippen MR) is 265 cm³/mol. The van der Waals surface area contributed by atoms with Crippen LogP contribution in [0.3, 0.4) is 0 Å². The van der Waals surface area contributed by atoms with Crippen molar-refractivity contribution in [1.82, 2.24) is 4.57 Å². The van der Waals surface area contributed by atoms with E-state index in [4.69, 9.17) is 20.1 Å². The van der Waals surface area contributed by atoms with Gasteiger partial charge in [0.15, 0.2) is 5.84 Å². The summed E-state index contributed by atoms with van der Waals surface area (Å²) in [6.07, 6.45) is 0. The van der Waals surface area contributed by atoms with Crippen LogP contribution in [0.25, 0.3) is 92.9 Å². The van der Waals surface area contributed by atoms with E-state index in [1.165, 1.54) is 32.3 Å². The first-order chi connectivity index (χ1) is 31.1. The molecule has 0 saturated carbocycles. The van der Waals surface area contributed by atoms with Crippen molar-refractivity contribution in [2.75, 3.05) is 0 Å². The first-order valence-corrected chi connectivity index (χ1v) is 21.4. The molecule has 0 aliphatic rings. The molecule has 0 spiro atoms. The SMILES string of the molecule is C[C@@H](N=C(N=C(N)c1cccc2oc3ccc4ccc(-n5c6ccccc6c6cc7ccccc7cc65)cc4c3c12)c1ccc(-c2ccccc2)cc1)c1cccc2ccccc12. The molecule has 2 aromatic heterocycles. The quantitative estimate of drug-likeness (QED) is 0.134. The van der Waals surface area contributed by atoms with E-state index < -0.39 is 0 Å². The van der Waals surface area contributed by atoms with Crippen LogP contribution in [0.15, 0.2) is 221 Å². The third kappa shape index (κ3) is 6.16. The standard InChI is InChI=1S/C58H40N4O/c1-36(45-21-11-18-39-15-7-8-19-46(39)45)60-58(41-27-25-38(26-28-41)37-13-3-2-4-14-37)61-57(59)48-22-12-24-53-55(48)56-49-35-44(31-29-40(49)30-32-54(56)63-53)62-51-23-10-9-20-47(51)50-33-42-16-5-6-17-43(42)34-52(50)62/h2-36H,1H3,(H2,59,60,61)/t36-/m1/s1. The molecule has 12 rings (SSSR count). The molecule has 0 aliphatic heterocycles. The summed E-state index contributed by atoms with van der Waals surface area (Å²) in [5.41, 5.74) is 17.2. The van der Waals surface area contributed by atoms with E-state index in [-0.39, 0.29) is 6.04 Å². The normalized spacial score (nSPS) is 13.0. The van der Waals surface area contributed by atoms with Crippen LogP contribution < -0.4 is 5.73 Å². The zero-order valence-corrected chi connectivity index (χ0v) is 34.5. The molecule has 10 aromatic carbocycles. The third-order valence-corrected chi connectivity index (χ3v) is 12.6. The summed E-state index contributed by atoms with van der Waals surface area (Å²) in [5.74, 6) is 0.921. The monoisotopic (exact) mass is 808 g/mol. The second-order valence-electron chi connectivity index (χ2n) is 16.3. The summed E-state index contributed by atoms with van der Waals surface area (Å²) in [4.78, 5) is 10.6. The molecule has 5 heteroatoms. The molecular weight excluding hydrogens is 769 g/mol. The maximum Gasteiger partial charge on any atom is 0.157 e. The molecule has 0 aliphatic carbocycles. The number of hydrogen-bond donors (Lipinski definition) is 1. The fourth-order valence-corrected chi connectivity index (χ4v) is 9.56. The number of nitrogens with two attached hydrogens (primary N) is 1. The molecule has 12 aromatic rings. The molecule has 2 heterocycles. The highest BCUT2D eigenvalue weighted by atomic mass is 16.3. The van der Waals surface area contributed by atoms with E-state index in [0.29, 0.717) is 11.7 Å². The van der Waals surface area contributed by atoms with Crippen molar-refractivity contribution in [3.63, 3.8) is 0 Å². The molecule has 63 heavy (non-hydrogen) atoms. The van der Waals surface area contributed by atoms with Crippen molar-refractivity contribution in [1.29, 1.82) is 0 Å². The minimum absolute atomic E-state index is 0.205. The van der Waals surface area contributed by atoms with Gasteiger partial charge < -0.3 is 14.7 Å². The molecule has 0 amide bonds. The number of nitrogens with zero attached hydrogens (tertiary/aromatic N) is 3. The molecule has 0 unspecified atom stereocenters. The van der Waals surface area contributed by atoms with Gasteiger partial charge in [0, 0.05) is 38.4 Å². The van der Waals surface area contributed by atoms with Crippen molar-refractivity contribution < 1.29 is 4.42 Å². The van der Waals surface area contributed by atoms with E-state index in [9.17, 15) is 0 Å². The van der Waals surface area contributed by atoms with Crippen LogP contribution in [0.4, 0.5) is 0 Å². The van der Waals surface area contributed by atoms with E-state index in [2.05, 4.69) is 193 Å². The van der Waals surface area contributed by atoms with Crippen LogP contribution >= 0.6 is 0 Å². The van der Waals surface area contributed by atoms with Crippen LogP contribution in [0.1, 0.15) is 29.7 Å². The fourth-order valence-electron chi connectivity index (χ4n) is 9.56. The van der Waals surface area contributed by atoms with Gasteiger partial charge in [-0.15, -0.1) is 0 Å². The maximum atomic E-state index is 7.22. The van der Waals surface area contributed by atoms with Crippen LogP contribution in [-0.2, 0) is 0 Å². The third-order valence-electron chi connectivity index (χ3n) is 12.6. The minimum atomic E-state index is -0.205. The van der Waals surface area contributed by atoms with Crippen LogP contribution in [-0.4, -0.2) is 16.2 Å². The Bertz CT molecular complexity index is 3810. The predicted octanol–water partition coefficient (Wildman–Crippen LogP) is 14.7. The zero-order valence-electron chi connectivity index (χ0n) is 34.5. The lowest BCUT2D eigenvalue weighted by Gasteiger charge is -2.14. The van der Waals surface area contributed by atoms with E-state index in [1.807, 2.05) is 24.3 Å². The average molecular weight is 809 g/mol. The lowest BCUT2D eigenvalue weighted by molar-refractivity contribution is 0.669. The van der Waals surface area contributed by atoms with Gasteiger partial charge in [0.25, 0.3) is 0 Å². The number of furan rings is 1. The summed E-state index contributed by atoms with van der Waals surface area (Å²) in [6.45, 7) is 2.12. The van der Waals surface area contributed by atoms with Crippen molar-refractivity contribution in [3.8, 4) is 16.8 Å². The lowest BCUT2D eigenvalue weighted by Crippen LogP contribution is -2.17. The van der Waals surface area contributed by atoms with Gasteiger partial charge in [0.05, 0.1) is 17.1 Å². The molecule has 2 N–H and O–H groups in total. The van der Waals surface area contributed by atoms with Crippen molar-refractivity contribution in [2.24, 2.45) is 15.7 Å². The second-order valence-corrected chi connectivity index (χ2v) is 16.3. The number of rotatable bonds is 6. The van der Waals surface area contributed by atoms with Crippen LogP contribution in [0, 0.1) is 0 Å². The van der Waals surface area contributed by atoms with Crippen molar-refractivity contribution in [2.45, 2.75) is 13.0 Å². The number of para-hydroxylation sites is 1. The van der Waals surface area contributed by atoms with Gasteiger partial charge in [0.2, 0.25) is 0 Å². The smallest absolute Gasteiger partial charge is 0.157 e. The first kappa shape index (κ1) is 36.6. The van der Waals surface area contributed by atoms with Crippen molar-refractivity contribution in [3.05, 3.63) is 223 Å². The van der Waals surface area contributed by atoms with Crippen molar-refractivity contribution >= 4 is 87.7 Å². The highest BCUT2D eigenvalue weighted by Crippen LogP contribution is 2.40. The fraction of sp³-hybridized carbons (Fsp3) is 0.0345. The maximum absolute atomic E-state index is 7.22. The number of aromatic nitrogens is 1. The van der Waals surface area contributed by atoms with Gasteiger partial charge >= 0.3 is 0 Å². The van der Waals surface area contributed by atoms with Gasteiger partial charge in [-0.25, -0.2) is 4.99 Å². The summed E-state index contributed by atoms with van der Waals surface area (Å²) in [7, 11) is 0. The molecule has 0 bridgehead atoms. The van der Waals surface area contributed by atoms with Gasteiger partial charge in [0.1, 0.15) is 17.0 Å². The summed E-state index contributed by atoms with van der Waals surface area (Å²) < 4.78 is 9.02. The number of benzene rings is 10. The Morgan fingerprint density at radius 2 is 1.14 bits per heavy atom. The molecule has 1 atom stereocenters. The molecule has 298 valence electrons. The second kappa shape index (κ2) is 14.7. The summed E-state index contributed by atoms with van der Waals surface area (Å²) in [6, 6.07) is 72.3. The van der Waals surface area contributed by atoms with Gasteiger partial charge in [-0.05, 0) is 98.4 Å². The van der Waals surface area contributed by atoms with Crippen LogP contribution in [0.2, 0.25) is 0 Å². The number of fused-ring (bicyclic) bond motifs is 10. The summed E-state index contributed by atoms with van der Waals surface area (Å²) >= 11 is 0. The number of aliphatic imine (C=N–C) groups is 2. The van der Waals surface area contributed by atoms with Crippen LogP contribution in [0.5, 0.6) is 0 Å². The molecule has 5 nitrogen and oxygen atoms in total. The highest BCUT2D eigenvalue weighted by Gasteiger charge is 2.20. The molecule has 0 fully saturated rings. The Morgan fingerprint density at radius 3 is 1.98 bits per heavy atom. The van der Waals surface area contributed by atoms with E-state index in [1.54, 1.807) is 0 Å². The Kier molecular flexibility index (Phi) is 8.54. The number of amidine groups is 2. The lowest BCUT2D eigenvalue weighted by atomic mass is 9.99. The highest BCUT2D eigenvalue weighted by molar-refractivity contribution is 6.26. The topological polar surface area (TPSA) is 68.8 Å². The Hall–Kier alpha value is -8.28. The minimum Gasteiger partial charge on any atom is -0.456 e. The molecular formula is C58H40N4O. The van der Waals surface area contributed by atoms with Gasteiger partial charge in [-0.1, -0.05) is 164 Å². The number of hydrogen-bond acceptors (Lipinski definition) is 2. The van der Waals surface area contributed by atoms with Gasteiger partial charge in [-0.2, -0.15) is 0 Å². The Morgan fingerprint density at radius 1 is 0.492 bits per heavy atom. The van der Waals surface area contributed by atoms with E-state index >= 15 is 0 Å². The molecule has 0 radical (unpaired) electrons. The largest absolute Gasteiger partial charge is 0.456 e. The average Bonchev–Trinajstić information content (AvgIpc) is 3.89. The summed E-state index contributed by atoms with van der Waals surface area (Å²) in [5, 5.41) is 11.3. The Labute approximate surface area is 363 Å². The van der Waals surface area contributed by atoms with E-state index in [0.717, 1.165) is 77.2 Å². The molecule has 0 saturated heterocycles. The van der Waals surface area contributed by atoms with Gasteiger partial charge in [-0.3, -0.25) is 4.99 Å². The Balaban J connectivity index is 1.04. The zero-order chi connectivity index (χ0) is 42.0.